The number of fused-ring (bicyclic) bond motifs is 3. The van der Waals surface area contributed by atoms with E-state index in [1.54, 1.807) is 0 Å². The summed E-state index contributed by atoms with van der Waals surface area (Å²) in [5.41, 5.74) is 5.43. The lowest BCUT2D eigenvalue weighted by molar-refractivity contribution is 0.250. The van der Waals surface area contributed by atoms with E-state index in [1.807, 2.05) is 68.4 Å². The molecule has 0 atom stereocenters. The number of para-hydroxylation sites is 1. The number of rotatable bonds is 2. The van der Waals surface area contributed by atoms with Gasteiger partial charge in [0.1, 0.15) is 0 Å². The highest BCUT2D eigenvalue weighted by Gasteiger charge is 2.29. The van der Waals surface area contributed by atoms with Crippen LogP contribution in [0.2, 0.25) is 0 Å². The molecule has 2 N–H and O–H groups in total. The van der Waals surface area contributed by atoms with Gasteiger partial charge in [0.05, 0.1) is 6.04 Å². The van der Waals surface area contributed by atoms with Crippen molar-refractivity contribution in [2.24, 2.45) is 0 Å². The Hall–Kier alpha value is -3.07. The minimum atomic E-state index is -0.201. The number of urea groups is 1. The van der Waals surface area contributed by atoms with Crippen molar-refractivity contribution in [3.05, 3.63) is 90.0 Å². The molecule has 1 aliphatic rings. The smallest absolute Gasteiger partial charge is 0.319 e. The average molecular weight is 330 g/mol. The molecular formula is C22H22N2O. The lowest BCUT2D eigenvalue weighted by Crippen LogP contribution is -2.32. The fourth-order valence-electron chi connectivity index (χ4n) is 3.13. The molecule has 0 radical (unpaired) electrons. The molecule has 0 bridgehead atoms. The zero-order valence-electron chi connectivity index (χ0n) is 14.5. The van der Waals surface area contributed by atoms with Gasteiger partial charge in [0.2, 0.25) is 0 Å². The lowest BCUT2D eigenvalue weighted by Gasteiger charge is -2.16. The van der Waals surface area contributed by atoms with Crippen molar-refractivity contribution in [2.75, 3.05) is 5.32 Å². The van der Waals surface area contributed by atoms with Crippen molar-refractivity contribution in [3.63, 3.8) is 0 Å². The van der Waals surface area contributed by atoms with E-state index in [1.165, 1.54) is 11.1 Å². The molecule has 0 spiro atoms. The van der Waals surface area contributed by atoms with Crippen molar-refractivity contribution >= 4 is 11.7 Å². The van der Waals surface area contributed by atoms with Crippen molar-refractivity contribution in [3.8, 4) is 11.1 Å². The van der Waals surface area contributed by atoms with E-state index < -0.39 is 0 Å². The van der Waals surface area contributed by atoms with Gasteiger partial charge in [-0.15, -0.1) is 0 Å². The summed E-state index contributed by atoms with van der Waals surface area (Å²) < 4.78 is 0. The number of benzene rings is 3. The van der Waals surface area contributed by atoms with Gasteiger partial charge < -0.3 is 10.6 Å². The molecular weight excluding hydrogens is 308 g/mol. The molecule has 0 aliphatic heterocycles. The second-order valence-corrected chi connectivity index (χ2v) is 5.57. The number of nitrogens with one attached hydrogen (secondary N) is 2. The molecule has 3 aromatic carbocycles. The standard InChI is InChI=1S/C20H16N2O.C2H6/c23-20(21-14-8-2-1-3-9-14)22-19-17-12-6-4-10-15(17)16-11-5-7-13-18(16)19;1-2/h1-13,19H,(H2,21,22,23);1-2H3. The van der Waals surface area contributed by atoms with Crippen LogP contribution in [0.4, 0.5) is 10.5 Å². The molecule has 0 aromatic heterocycles. The van der Waals surface area contributed by atoms with Crippen molar-refractivity contribution in [1.82, 2.24) is 5.32 Å². The minimum Gasteiger partial charge on any atom is -0.327 e. The summed E-state index contributed by atoms with van der Waals surface area (Å²) >= 11 is 0. The van der Waals surface area contributed by atoms with Crippen LogP contribution in [-0.2, 0) is 0 Å². The molecule has 0 unspecified atom stereocenters. The lowest BCUT2D eigenvalue weighted by atomic mass is 10.1. The minimum absolute atomic E-state index is 0.119. The first-order valence-electron chi connectivity index (χ1n) is 8.64. The van der Waals surface area contributed by atoms with Gasteiger partial charge in [-0.25, -0.2) is 4.79 Å². The summed E-state index contributed by atoms with van der Waals surface area (Å²) in [4.78, 5) is 12.4. The van der Waals surface area contributed by atoms with Crippen LogP contribution in [-0.4, -0.2) is 6.03 Å². The van der Waals surface area contributed by atoms with E-state index in [-0.39, 0.29) is 12.1 Å². The number of amides is 2. The van der Waals surface area contributed by atoms with Gasteiger partial charge in [0.15, 0.2) is 0 Å². The van der Waals surface area contributed by atoms with Crippen molar-refractivity contribution < 1.29 is 4.79 Å². The maximum Gasteiger partial charge on any atom is 0.319 e. The Kier molecular flexibility index (Phi) is 5.14. The third kappa shape index (κ3) is 3.41. The quantitative estimate of drug-likeness (QED) is 0.630. The van der Waals surface area contributed by atoms with Gasteiger partial charge in [-0.05, 0) is 34.4 Å². The Balaban J connectivity index is 0.000000880. The Labute approximate surface area is 148 Å². The van der Waals surface area contributed by atoms with Gasteiger partial charge in [0, 0.05) is 5.69 Å². The Morgan fingerprint density at radius 3 is 1.76 bits per heavy atom. The number of anilines is 1. The third-order valence-electron chi connectivity index (χ3n) is 4.14. The summed E-state index contributed by atoms with van der Waals surface area (Å²) in [7, 11) is 0. The Bertz CT molecular complexity index is 813. The number of carbonyl (C=O) groups is 1. The van der Waals surface area contributed by atoms with Gasteiger partial charge in [0.25, 0.3) is 0 Å². The van der Waals surface area contributed by atoms with Crippen LogP contribution in [0.15, 0.2) is 78.9 Å². The van der Waals surface area contributed by atoms with E-state index >= 15 is 0 Å². The van der Waals surface area contributed by atoms with E-state index in [2.05, 4.69) is 34.9 Å². The molecule has 0 saturated carbocycles. The Morgan fingerprint density at radius 2 is 1.20 bits per heavy atom. The molecule has 3 aromatic rings. The first-order chi connectivity index (χ1) is 12.3. The van der Waals surface area contributed by atoms with Crippen LogP contribution in [0.1, 0.15) is 31.0 Å². The summed E-state index contributed by atoms with van der Waals surface area (Å²) in [6, 6.07) is 25.6. The maximum absolute atomic E-state index is 12.4. The SMILES string of the molecule is CC.O=C(Nc1ccccc1)NC1c2ccccc2-c2ccccc21. The van der Waals surface area contributed by atoms with Crippen molar-refractivity contribution in [1.29, 1.82) is 0 Å². The zero-order chi connectivity index (χ0) is 17.6. The van der Waals surface area contributed by atoms with Crippen LogP contribution >= 0.6 is 0 Å². The summed E-state index contributed by atoms with van der Waals surface area (Å²) in [6.07, 6.45) is 0. The predicted molar refractivity (Wildman–Crippen MR) is 104 cm³/mol. The van der Waals surface area contributed by atoms with Gasteiger partial charge in [-0.3, -0.25) is 0 Å². The molecule has 3 heteroatoms. The fourth-order valence-corrected chi connectivity index (χ4v) is 3.13. The number of hydrogen-bond donors (Lipinski definition) is 2. The summed E-state index contributed by atoms with van der Waals surface area (Å²) in [5, 5.41) is 5.97. The van der Waals surface area contributed by atoms with Crippen LogP contribution in [0.5, 0.6) is 0 Å². The highest BCUT2D eigenvalue weighted by atomic mass is 16.2. The zero-order valence-corrected chi connectivity index (χ0v) is 14.5. The number of carbonyl (C=O) groups excluding carboxylic acids is 1. The second-order valence-electron chi connectivity index (χ2n) is 5.57. The predicted octanol–water partition coefficient (Wildman–Crippen LogP) is 5.60. The molecule has 25 heavy (non-hydrogen) atoms. The third-order valence-corrected chi connectivity index (χ3v) is 4.14. The van der Waals surface area contributed by atoms with Crippen LogP contribution in [0, 0.1) is 0 Å². The molecule has 4 rings (SSSR count). The summed E-state index contributed by atoms with van der Waals surface area (Å²) in [5.74, 6) is 0. The van der Waals surface area contributed by atoms with E-state index in [9.17, 15) is 4.79 Å². The topological polar surface area (TPSA) is 41.1 Å². The molecule has 2 amide bonds. The maximum atomic E-state index is 12.4. The van der Waals surface area contributed by atoms with Crippen LogP contribution < -0.4 is 10.6 Å². The molecule has 1 aliphatic carbocycles. The van der Waals surface area contributed by atoms with Crippen LogP contribution in [0.3, 0.4) is 0 Å². The number of hydrogen-bond acceptors (Lipinski definition) is 1. The van der Waals surface area contributed by atoms with Crippen molar-refractivity contribution in [2.45, 2.75) is 19.9 Å². The first kappa shape index (κ1) is 16.8. The van der Waals surface area contributed by atoms with E-state index in [0.29, 0.717) is 0 Å². The highest BCUT2D eigenvalue weighted by Crippen LogP contribution is 2.42. The van der Waals surface area contributed by atoms with Gasteiger partial charge in [-0.1, -0.05) is 80.6 Å². The molecule has 126 valence electrons. The average Bonchev–Trinajstić information content (AvgIpc) is 2.99. The van der Waals surface area contributed by atoms with Gasteiger partial charge >= 0.3 is 6.03 Å². The molecule has 3 nitrogen and oxygen atoms in total. The van der Waals surface area contributed by atoms with E-state index in [4.69, 9.17) is 0 Å². The normalized spacial score (nSPS) is 11.6. The highest BCUT2D eigenvalue weighted by molar-refractivity contribution is 5.91. The largest absolute Gasteiger partial charge is 0.327 e. The fraction of sp³-hybridized carbons (Fsp3) is 0.136. The monoisotopic (exact) mass is 330 g/mol. The molecule has 0 heterocycles. The van der Waals surface area contributed by atoms with E-state index in [0.717, 1.165) is 16.8 Å². The van der Waals surface area contributed by atoms with Gasteiger partial charge in [-0.2, -0.15) is 0 Å². The Morgan fingerprint density at radius 1 is 0.720 bits per heavy atom. The van der Waals surface area contributed by atoms with Crippen LogP contribution in [0.25, 0.3) is 11.1 Å². The molecule has 0 saturated heterocycles. The molecule has 0 fully saturated rings. The summed E-state index contributed by atoms with van der Waals surface area (Å²) in [6.45, 7) is 4.00. The second kappa shape index (κ2) is 7.67. The first-order valence-corrected chi connectivity index (χ1v) is 8.64.